The van der Waals surface area contributed by atoms with Gasteiger partial charge in [0.05, 0.1) is 32.8 Å². The monoisotopic (exact) mass is 528 g/mol. The van der Waals surface area contributed by atoms with Gasteiger partial charge in [-0.1, -0.05) is 23.7 Å². The number of aromatic amines is 1. The largest absolute Gasteiger partial charge is 0.493 e. The van der Waals surface area contributed by atoms with Crippen molar-refractivity contribution in [3.05, 3.63) is 75.7 Å². The fourth-order valence-corrected chi connectivity index (χ4v) is 3.96. The molecular weight excluding hydrogens is 512 g/mol. The summed E-state index contributed by atoms with van der Waals surface area (Å²) in [6, 6.07) is 18.3. The van der Waals surface area contributed by atoms with Gasteiger partial charge in [-0.2, -0.15) is 0 Å². The number of carbonyl (C=O) groups excluding carboxylic acids is 1. The Morgan fingerprint density at radius 3 is 2.75 bits per heavy atom. The van der Waals surface area contributed by atoms with Crippen LogP contribution in [-0.4, -0.2) is 27.6 Å². The van der Waals surface area contributed by atoms with Crippen molar-refractivity contribution in [2.24, 2.45) is 0 Å². The number of para-hydroxylation sites is 2. The number of halogens is 2. The highest BCUT2D eigenvalue weighted by Gasteiger charge is 2.13. The van der Waals surface area contributed by atoms with Gasteiger partial charge in [-0.15, -0.1) is 0 Å². The molecule has 0 saturated carbocycles. The molecule has 0 fully saturated rings. The van der Waals surface area contributed by atoms with Crippen LogP contribution >= 0.6 is 39.7 Å². The Hall–Kier alpha value is -2.94. The topological polar surface area (TPSA) is 79.0 Å². The standard InChI is InChI=1S/C23H18BrClN4O2S/c1-2-31-20-10-8-14(11-15(20)24)22(30)29-23(32)28-19-12-13(7-9-16(19)25)21-26-17-5-3-4-6-18(17)27-21/h3-12H,2H2,1H3,(H,26,27)(H2,28,29,30,32). The molecule has 3 aromatic carbocycles. The zero-order valence-electron chi connectivity index (χ0n) is 16.9. The second-order valence-electron chi connectivity index (χ2n) is 6.78. The van der Waals surface area contributed by atoms with Gasteiger partial charge in [0, 0.05) is 11.1 Å². The third-order valence-corrected chi connectivity index (χ3v) is 5.75. The number of benzene rings is 3. The molecular formula is C23H18BrClN4O2S. The Bertz CT molecular complexity index is 1290. The van der Waals surface area contributed by atoms with E-state index in [1.54, 1.807) is 24.3 Å². The van der Waals surface area contributed by atoms with Gasteiger partial charge in [-0.3, -0.25) is 10.1 Å². The SMILES string of the molecule is CCOc1ccc(C(=O)NC(=S)Nc2cc(-c3nc4ccccc4[nH]3)ccc2Cl)cc1Br. The smallest absolute Gasteiger partial charge is 0.257 e. The van der Waals surface area contributed by atoms with Crippen molar-refractivity contribution in [1.29, 1.82) is 0 Å². The van der Waals surface area contributed by atoms with E-state index in [2.05, 4.69) is 36.5 Å². The number of hydrogen-bond donors (Lipinski definition) is 3. The lowest BCUT2D eigenvalue weighted by atomic mass is 10.2. The van der Waals surface area contributed by atoms with Crippen molar-refractivity contribution >= 4 is 67.5 Å². The predicted octanol–water partition coefficient (Wildman–Crippen LogP) is 6.17. The third-order valence-electron chi connectivity index (χ3n) is 4.60. The van der Waals surface area contributed by atoms with E-state index in [4.69, 9.17) is 28.6 Å². The molecule has 0 aliphatic heterocycles. The quantitative estimate of drug-likeness (QED) is 0.269. The molecule has 0 atom stereocenters. The maximum atomic E-state index is 12.6. The van der Waals surface area contributed by atoms with Crippen molar-refractivity contribution in [2.75, 3.05) is 11.9 Å². The van der Waals surface area contributed by atoms with E-state index in [0.29, 0.717) is 38.9 Å². The van der Waals surface area contributed by atoms with Crippen LogP contribution in [0.1, 0.15) is 17.3 Å². The van der Waals surface area contributed by atoms with Crippen LogP contribution in [0.15, 0.2) is 65.1 Å². The second kappa shape index (κ2) is 9.68. The Morgan fingerprint density at radius 2 is 2.00 bits per heavy atom. The minimum absolute atomic E-state index is 0.128. The number of hydrogen-bond acceptors (Lipinski definition) is 4. The van der Waals surface area contributed by atoms with Gasteiger partial charge < -0.3 is 15.0 Å². The molecule has 0 spiro atoms. The van der Waals surface area contributed by atoms with Crippen molar-refractivity contribution in [2.45, 2.75) is 6.92 Å². The van der Waals surface area contributed by atoms with Crippen LogP contribution in [0.4, 0.5) is 5.69 Å². The fraction of sp³-hybridized carbons (Fsp3) is 0.0870. The summed E-state index contributed by atoms with van der Waals surface area (Å²) in [4.78, 5) is 20.5. The summed E-state index contributed by atoms with van der Waals surface area (Å²) in [6.45, 7) is 2.43. The lowest BCUT2D eigenvalue weighted by Crippen LogP contribution is -2.34. The number of rotatable bonds is 5. The molecule has 0 aliphatic carbocycles. The van der Waals surface area contributed by atoms with Crippen LogP contribution in [0.2, 0.25) is 5.02 Å². The summed E-state index contributed by atoms with van der Waals surface area (Å²) in [5.74, 6) is 1.02. The minimum Gasteiger partial charge on any atom is -0.493 e. The minimum atomic E-state index is -0.351. The highest BCUT2D eigenvalue weighted by molar-refractivity contribution is 9.10. The first-order chi connectivity index (χ1) is 15.4. The zero-order chi connectivity index (χ0) is 22.7. The van der Waals surface area contributed by atoms with Crippen LogP contribution in [0.3, 0.4) is 0 Å². The number of aromatic nitrogens is 2. The highest BCUT2D eigenvalue weighted by Crippen LogP contribution is 2.29. The zero-order valence-corrected chi connectivity index (χ0v) is 20.1. The van der Waals surface area contributed by atoms with Crippen molar-refractivity contribution in [3.8, 4) is 17.1 Å². The first kappa shape index (κ1) is 22.3. The van der Waals surface area contributed by atoms with Crippen LogP contribution < -0.4 is 15.4 Å². The first-order valence-electron chi connectivity index (χ1n) is 9.74. The van der Waals surface area contributed by atoms with Crippen molar-refractivity contribution in [3.63, 3.8) is 0 Å². The summed E-state index contributed by atoms with van der Waals surface area (Å²) in [7, 11) is 0. The van der Waals surface area contributed by atoms with Gasteiger partial charge in [-0.05, 0) is 83.6 Å². The molecule has 6 nitrogen and oxygen atoms in total. The van der Waals surface area contributed by atoms with E-state index in [-0.39, 0.29) is 11.0 Å². The average molecular weight is 530 g/mol. The van der Waals surface area contributed by atoms with Crippen LogP contribution in [0, 0.1) is 0 Å². The van der Waals surface area contributed by atoms with Gasteiger partial charge in [0.15, 0.2) is 5.11 Å². The Balaban J connectivity index is 1.49. The molecule has 0 unspecified atom stereocenters. The van der Waals surface area contributed by atoms with Gasteiger partial charge in [0.1, 0.15) is 11.6 Å². The summed E-state index contributed by atoms with van der Waals surface area (Å²) < 4.78 is 6.16. The van der Waals surface area contributed by atoms with E-state index < -0.39 is 0 Å². The number of fused-ring (bicyclic) bond motifs is 1. The molecule has 0 radical (unpaired) electrons. The van der Waals surface area contributed by atoms with Crippen LogP contribution in [0.5, 0.6) is 5.75 Å². The van der Waals surface area contributed by atoms with Crippen LogP contribution in [0.25, 0.3) is 22.4 Å². The number of imidazole rings is 1. The molecule has 1 aromatic heterocycles. The Morgan fingerprint density at radius 1 is 1.19 bits per heavy atom. The molecule has 162 valence electrons. The summed E-state index contributed by atoms with van der Waals surface area (Å²) >= 11 is 15.1. The maximum absolute atomic E-state index is 12.6. The lowest BCUT2D eigenvalue weighted by molar-refractivity contribution is 0.0977. The number of nitrogens with one attached hydrogen (secondary N) is 3. The third kappa shape index (κ3) is 4.93. The van der Waals surface area contributed by atoms with Crippen LogP contribution in [-0.2, 0) is 0 Å². The van der Waals surface area contributed by atoms with Crippen molar-refractivity contribution < 1.29 is 9.53 Å². The number of H-pyrrole nitrogens is 1. The van der Waals surface area contributed by atoms with Crippen molar-refractivity contribution in [1.82, 2.24) is 15.3 Å². The molecule has 4 aromatic rings. The molecule has 4 rings (SSSR count). The summed E-state index contributed by atoms with van der Waals surface area (Å²) in [5.41, 5.74) is 3.64. The maximum Gasteiger partial charge on any atom is 0.257 e. The van der Waals surface area contributed by atoms with E-state index in [1.165, 1.54) is 0 Å². The summed E-state index contributed by atoms with van der Waals surface area (Å²) in [6.07, 6.45) is 0. The number of nitrogens with zero attached hydrogens (tertiary/aromatic N) is 1. The molecule has 0 aliphatic rings. The number of anilines is 1. The average Bonchev–Trinajstić information content (AvgIpc) is 3.21. The number of ether oxygens (including phenoxy) is 1. The van der Waals surface area contributed by atoms with E-state index in [9.17, 15) is 4.79 Å². The fourth-order valence-electron chi connectivity index (χ4n) is 3.10. The molecule has 0 saturated heterocycles. The van der Waals surface area contributed by atoms with Gasteiger partial charge in [-0.25, -0.2) is 4.98 Å². The second-order valence-corrected chi connectivity index (χ2v) is 8.45. The first-order valence-corrected chi connectivity index (χ1v) is 11.3. The summed E-state index contributed by atoms with van der Waals surface area (Å²) in [5, 5.41) is 6.25. The van der Waals surface area contributed by atoms with Gasteiger partial charge >= 0.3 is 0 Å². The Labute approximate surface area is 203 Å². The molecule has 1 heterocycles. The highest BCUT2D eigenvalue weighted by atomic mass is 79.9. The normalized spacial score (nSPS) is 10.7. The van der Waals surface area contributed by atoms with E-state index in [1.807, 2.05) is 43.3 Å². The number of thiocarbonyl (C=S) groups is 1. The molecule has 9 heteroatoms. The molecule has 1 amide bonds. The number of amides is 1. The number of carbonyl (C=O) groups is 1. The molecule has 32 heavy (non-hydrogen) atoms. The van der Waals surface area contributed by atoms with Gasteiger partial charge in [0.2, 0.25) is 0 Å². The van der Waals surface area contributed by atoms with E-state index in [0.717, 1.165) is 16.6 Å². The van der Waals surface area contributed by atoms with Gasteiger partial charge in [0.25, 0.3) is 5.91 Å². The van der Waals surface area contributed by atoms with E-state index >= 15 is 0 Å². The Kier molecular flexibility index (Phi) is 6.74. The molecule has 0 bridgehead atoms. The lowest BCUT2D eigenvalue weighted by Gasteiger charge is -2.13. The molecule has 3 N–H and O–H groups in total. The predicted molar refractivity (Wildman–Crippen MR) is 136 cm³/mol.